The highest BCUT2D eigenvalue weighted by molar-refractivity contribution is 6.11. The van der Waals surface area contributed by atoms with Gasteiger partial charge in [-0.3, -0.25) is 9.59 Å². The molecule has 8 nitrogen and oxygen atoms in total. The third-order valence-corrected chi connectivity index (χ3v) is 6.05. The summed E-state index contributed by atoms with van der Waals surface area (Å²) in [6.07, 6.45) is 0.0590. The quantitative estimate of drug-likeness (QED) is 0.262. The normalized spacial score (nSPS) is 11.3. The molecule has 0 saturated heterocycles. The van der Waals surface area contributed by atoms with Gasteiger partial charge in [-0.05, 0) is 55.8 Å². The van der Waals surface area contributed by atoms with Crippen LogP contribution in [-0.4, -0.2) is 42.0 Å². The van der Waals surface area contributed by atoms with E-state index in [1.54, 1.807) is 44.2 Å². The summed E-state index contributed by atoms with van der Waals surface area (Å²) < 4.78 is 19.6. The number of rotatable bonds is 9. The molecule has 0 aliphatic heterocycles. The van der Waals surface area contributed by atoms with Crippen molar-refractivity contribution in [3.05, 3.63) is 71.5 Å². The Morgan fingerprint density at radius 1 is 1.13 bits per heavy atom. The number of pyridine rings is 1. The first-order valence-electron chi connectivity index (χ1n) is 12.0. The molecule has 9 heteroatoms. The minimum Gasteiger partial charge on any atom is -0.437 e. The summed E-state index contributed by atoms with van der Waals surface area (Å²) in [6, 6.07) is 16.4. The first-order valence-corrected chi connectivity index (χ1v) is 12.0. The zero-order valence-corrected chi connectivity index (χ0v) is 21.3. The van der Waals surface area contributed by atoms with Gasteiger partial charge >= 0.3 is 0 Å². The van der Waals surface area contributed by atoms with Crippen molar-refractivity contribution in [1.82, 2.24) is 10.3 Å². The molecular formula is C29H27FN4O4. The number of benzene rings is 2. The van der Waals surface area contributed by atoms with Gasteiger partial charge in [0.1, 0.15) is 17.4 Å². The molecule has 0 spiro atoms. The van der Waals surface area contributed by atoms with E-state index in [-0.39, 0.29) is 42.4 Å². The molecule has 2 heterocycles. The number of nitrogens with zero attached hydrogens (tertiary/aromatic N) is 2. The lowest BCUT2D eigenvalue weighted by Crippen LogP contribution is -2.18. The Balaban J connectivity index is 1.91. The van der Waals surface area contributed by atoms with Crippen LogP contribution in [0.3, 0.4) is 0 Å². The van der Waals surface area contributed by atoms with Crippen molar-refractivity contribution in [1.29, 1.82) is 5.26 Å². The van der Waals surface area contributed by atoms with Gasteiger partial charge in [0, 0.05) is 36.7 Å². The SMILES string of the molecule is CNC(=O)c1c(-c2ccc(F)cc2)oc2nc(NCCO)c(-c3cccc(C(=O)CC(C)(C)C#N)c3)cc12. The molecule has 4 rings (SSSR count). The van der Waals surface area contributed by atoms with E-state index in [1.165, 1.54) is 31.3 Å². The summed E-state index contributed by atoms with van der Waals surface area (Å²) >= 11 is 0. The Morgan fingerprint density at radius 3 is 2.53 bits per heavy atom. The van der Waals surface area contributed by atoms with Crippen LogP contribution < -0.4 is 10.6 Å². The predicted molar refractivity (Wildman–Crippen MR) is 142 cm³/mol. The zero-order valence-electron chi connectivity index (χ0n) is 21.3. The number of carbonyl (C=O) groups is 2. The Kier molecular flexibility index (Phi) is 7.55. The first kappa shape index (κ1) is 26.5. The van der Waals surface area contributed by atoms with E-state index in [0.717, 1.165) is 0 Å². The number of halogens is 1. The van der Waals surface area contributed by atoms with Crippen LogP contribution in [0.1, 0.15) is 41.0 Å². The average Bonchev–Trinajstić information content (AvgIpc) is 3.29. The fourth-order valence-corrected chi connectivity index (χ4v) is 4.11. The maximum absolute atomic E-state index is 13.6. The van der Waals surface area contributed by atoms with Crippen molar-refractivity contribution < 1.29 is 23.5 Å². The van der Waals surface area contributed by atoms with E-state index in [4.69, 9.17) is 4.42 Å². The monoisotopic (exact) mass is 514 g/mol. The third kappa shape index (κ3) is 5.41. The van der Waals surface area contributed by atoms with E-state index in [1.807, 2.05) is 0 Å². The number of Topliss-reactive ketones (excluding diaryl/α,β-unsaturated/α-hetero) is 1. The lowest BCUT2D eigenvalue weighted by atomic mass is 9.86. The van der Waals surface area contributed by atoms with Crippen LogP contribution in [-0.2, 0) is 0 Å². The lowest BCUT2D eigenvalue weighted by molar-refractivity contribution is 0.0948. The summed E-state index contributed by atoms with van der Waals surface area (Å²) in [7, 11) is 1.50. The molecule has 0 aliphatic rings. The molecule has 38 heavy (non-hydrogen) atoms. The van der Waals surface area contributed by atoms with Gasteiger partial charge in [0.05, 0.1) is 29.0 Å². The van der Waals surface area contributed by atoms with Gasteiger partial charge in [-0.25, -0.2) is 4.39 Å². The second kappa shape index (κ2) is 10.8. The summed E-state index contributed by atoms with van der Waals surface area (Å²) in [5.74, 6) is -0.384. The number of ketones is 1. The Hall–Kier alpha value is -4.55. The molecule has 0 unspecified atom stereocenters. The maximum Gasteiger partial charge on any atom is 0.255 e. The highest BCUT2D eigenvalue weighted by Gasteiger charge is 2.26. The summed E-state index contributed by atoms with van der Waals surface area (Å²) in [4.78, 5) is 30.5. The molecule has 0 aliphatic carbocycles. The second-order valence-electron chi connectivity index (χ2n) is 9.46. The Labute approximate surface area is 219 Å². The van der Waals surface area contributed by atoms with E-state index in [0.29, 0.717) is 33.5 Å². The molecule has 2 aromatic carbocycles. The number of fused-ring (bicyclic) bond motifs is 1. The smallest absolute Gasteiger partial charge is 0.255 e. The Bertz CT molecular complexity index is 1550. The van der Waals surface area contributed by atoms with Gasteiger partial charge < -0.3 is 20.2 Å². The molecule has 0 bridgehead atoms. The molecule has 0 atom stereocenters. The number of furan rings is 1. The fraction of sp³-hybridized carbons (Fsp3) is 0.241. The van der Waals surface area contributed by atoms with E-state index in [2.05, 4.69) is 21.7 Å². The molecule has 4 aromatic rings. The van der Waals surface area contributed by atoms with Gasteiger partial charge in [0.25, 0.3) is 5.91 Å². The number of nitriles is 1. The van der Waals surface area contributed by atoms with E-state index >= 15 is 0 Å². The highest BCUT2D eigenvalue weighted by atomic mass is 19.1. The molecule has 194 valence electrons. The molecule has 0 fully saturated rings. The van der Waals surface area contributed by atoms with Crippen molar-refractivity contribution in [3.63, 3.8) is 0 Å². The highest BCUT2D eigenvalue weighted by Crippen LogP contribution is 2.38. The van der Waals surface area contributed by atoms with Crippen LogP contribution in [0.25, 0.3) is 33.6 Å². The van der Waals surface area contributed by atoms with Crippen molar-refractivity contribution in [2.75, 3.05) is 25.5 Å². The topological polar surface area (TPSA) is 128 Å². The average molecular weight is 515 g/mol. The number of amides is 1. The lowest BCUT2D eigenvalue weighted by Gasteiger charge is -2.15. The van der Waals surface area contributed by atoms with Crippen LogP contribution in [0, 0.1) is 22.6 Å². The number of aliphatic hydroxyl groups excluding tert-OH is 1. The maximum atomic E-state index is 13.6. The van der Waals surface area contributed by atoms with Gasteiger partial charge in [-0.1, -0.05) is 18.2 Å². The van der Waals surface area contributed by atoms with Crippen LogP contribution >= 0.6 is 0 Å². The van der Waals surface area contributed by atoms with Crippen LogP contribution in [0.4, 0.5) is 10.2 Å². The zero-order chi connectivity index (χ0) is 27.4. The summed E-state index contributed by atoms with van der Waals surface area (Å²) in [5, 5.41) is 24.9. The second-order valence-corrected chi connectivity index (χ2v) is 9.46. The van der Waals surface area contributed by atoms with Crippen molar-refractivity contribution in [2.45, 2.75) is 20.3 Å². The van der Waals surface area contributed by atoms with Gasteiger partial charge in [0.2, 0.25) is 5.71 Å². The van der Waals surface area contributed by atoms with Crippen LogP contribution in [0.5, 0.6) is 0 Å². The van der Waals surface area contributed by atoms with Gasteiger partial charge in [-0.2, -0.15) is 10.2 Å². The minimum absolute atomic E-state index is 0.0590. The summed E-state index contributed by atoms with van der Waals surface area (Å²) in [6.45, 7) is 3.47. The first-order chi connectivity index (χ1) is 18.2. The van der Waals surface area contributed by atoms with Crippen LogP contribution in [0.15, 0.2) is 59.0 Å². The number of anilines is 1. The van der Waals surface area contributed by atoms with Gasteiger partial charge in [0.15, 0.2) is 5.78 Å². The van der Waals surface area contributed by atoms with Crippen molar-refractivity contribution in [3.8, 4) is 28.5 Å². The van der Waals surface area contributed by atoms with Crippen molar-refractivity contribution in [2.24, 2.45) is 5.41 Å². The van der Waals surface area contributed by atoms with Gasteiger partial charge in [-0.15, -0.1) is 0 Å². The Morgan fingerprint density at radius 2 is 1.87 bits per heavy atom. The minimum atomic E-state index is -0.808. The van der Waals surface area contributed by atoms with Crippen molar-refractivity contribution >= 4 is 28.6 Å². The molecule has 0 radical (unpaired) electrons. The number of nitrogens with one attached hydrogen (secondary N) is 2. The number of aliphatic hydroxyl groups is 1. The molecule has 3 N–H and O–H groups in total. The fourth-order valence-electron chi connectivity index (χ4n) is 4.11. The molecular weight excluding hydrogens is 487 g/mol. The molecule has 2 aromatic heterocycles. The molecule has 1 amide bonds. The number of hydrogen-bond donors (Lipinski definition) is 3. The van der Waals surface area contributed by atoms with Crippen LogP contribution in [0.2, 0.25) is 0 Å². The van der Waals surface area contributed by atoms with E-state index in [9.17, 15) is 24.3 Å². The van der Waals surface area contributed by atoms with E-state index < -0.39 is 17.1 Å². The molecule has 0 saturated carbocycles. The summed E-state index contributed by atoms with van der Waals surface area (Å²) in [5.41, 5.74) is 1.77. The number of aromatic nitrogens is 1. The third-order valence-electron chi connectivity index (χ3n) is 6.05. The largest absolute Gasteiger partial charge is 0.437 e. The standard InChI is InChI=1S/C29H27FN4O4/c1-29(2,16-31)15-23(36)19-6-4-5-18(13-19)21-14-22-24(27(37)32-3)25(17-7-9-20(30)10-8-17)38-28(22)34-26(21)33-11-12-35/h4-10,13-14,35H,11-12,15H2,1-3H3,(H,32,37)(H,33,34). The number of carbonyl (C=O) groups excluding carboxylic acids is 2. The number of hydrogen-bond acceptors (Lipinski definition) is 7. The predicted octanol–water partition coefficient (Wildman–Crippen LogP) is 5.19.